The highest BCUT2D eigenvalue weighted by Crippen LogP contribution is 2.24. The molecular weight excluding hydrogens is 314 g/mol. The molecule has 0 saturated carbocycles. The van der Waals surface area contributed by atoms with Gasteiger partial charge >= 0.3 is 5.97 Å². The highest BCUT2D eigenvalue weighted by molar-refractivity contribution is 7.13. The fourth-order valence-electron chi connectivity index (χ4n) is 1.89. The van der Waals surface area contributed by atoms with Crippen LogP contribution in [0.25, 0.3) is 10.6 Å². The summed E-state index contributed by atoms with van der Waals surface area (Å²) >= 11 is 1.40. The zero-order valence-electron chi connectivity index (χ0n) is 12.8. The maximum Gasteiger partial charge on any atom is 0.358 e. The van der Waals surface area contributed by atoms with Gasteiger partial charge in [-0.1, -0.05) is 36.8 Å². The monoisotopic (exact) mass is 329 g/mol. The molecule has 0 N–H and O–H groups in total. The Bertz CT molecular complexity index is 808. The van der Waals surface area contributed by atoms with E-state index in [0.717, 1.165) is 10.6 Å². The molecule has 0 bridgehead atoms. The van der Waals surface area contributed by atoms with Crippen LogP contribution in [0, 0.1) is 6.92 Å². The van der Waals surface area contributed by atoms with Gasteiger partial charge in [-0.25, -0.2) is 9.78 Å². The van der Waals surface area contributed by atoms with Crippen LogP contribution in [0.15, 0.2) is 34.1 Å². The molecule has 0 aliphatic carbocycles. The summed E-state index contributed by atoms with van der Waals surface area (Å²) in [5.41, 5.74) is 2.43. The molecule has 2 aromatic heterocycles. The molecular formula is C16H15N3O3S. The fraction of sp³-hybridized carbons (Fsp3) is 0.250. The van der Waals surface area contributed by atoms with Crippen molar-refractivity contribution in [3.63, 3.8) is 0 Å². The van der Waals surface area contributed by atoms with Crippen LogP contribution >= 0.6 is 11.3 Å². The second-order valence-electron chi connectivity index (χ2n) is 4.92. The number of hydrogen-bond donors (Lipinski definition) is 0. The standard InChI is InChI=1S/C16H15N3O3S/c1-3-13-18-19-14(22-13)8-21-16(20)12-9-23-15(17-12)11-6-4-10(2)5-7-11/h4-7,9H,3,8H2,1-2H3. The summed E-state index contributed by atoms with van der Waals surface area (Å²) in [4.78, 5) is 16.3. The Labute approximate surface area is 137 Å². The number of carbonyl (C=O) groups is 1. The van der Waals surface area contributed by atoms with E-state index in [1.165, 1.54) is 16.9 Å². The molecule has 6 nitrogen and oxygen atoms in total. The van der Waals surface area contributed by atoms with Crippen LogP contribution < -0.4 is 0 Å². The van der Waals surface area contributed by atoms with Crippen LogP contribution in [-0.4, -0.2) is 21.2 Å². The zero-order valence-corrected chi connectivity index (χ0v) is 13.6. The van der Waals surface area contributed by atoms with Gasteiger partial charge < -0.3 is 9.15 Å². The van der Waals surface area contributed by atoms with Crippen molar-refractivity contribution in [3.8, 4) is 10.6 Å². The van der Waals surface area contributed by atoms with Crippen molar-refractivity contribution in [1.29, 1.82) is 0 Å². The molecule has 3 aromatic rings. The van der Waals surface area contributed by atoms with E-state index in [-0.39, 0.29) is 18.2 Å². The van der Waals surface area contributed by atoms with Gasteiger partial charge in [0.15, 0.2) is 12.3 Å². The smallest absolute Gasteiger partial charge is 0.358 e. The molecule has 0 fully saturated rings. The highest BCUT2D eigenvalue weighted by Gasteiger charge is 2.15. The van der Waals surface area contributed by atoms with Crippen LogP contribution in [-0.2, 0) is 17.8 Å². The third kappa shape index (κ3) is 3.62. The molecule has 0 saturated heterocycles. The number of ether oxygens (including phenoxy) is 1. The van der Waals surface area contributed by atoms with E-state index in [9.17, 15) is 4.79 Å². The van der Waals surface area contributed by atoms with Gasteiger partial charge in [0.25, 0.3) is 5.89 Å². The van der Waals surface area contributed by atoms with Crippen molar-refractivity contribution in [2.24, 2.45) is 0 Å². The average Bonchev–Trinajstić information content (AvgIpc) is 3.22. The Morgan fingerprint density at radius 2 is 1.96 bits per heavy atom. The Morgan fingerprint density at radius 3 is 2.65 bits per heavy atom. The Kier molecular flexibility index (Phi) is 4.47. The molecule has 3 rings (SSSR count). The van der Waals surface area contributed by atoms with E-state index in [4.69, 9.17) is 9.15 Å². The van der Waals surface area contributed by atoms with E-state index in [2.05, 4.69) is 15.2 Å². The lowest BCUT2D eigenvalue weighted by atomic mass is 10.2. The predicted molar refractivity (Wildman–Crippen MR) is 85.1 cm³/mol. The summed E-state index contributed by atoms with van der Waals surface area (Å²) in [6.07, 6.45) is 0.646. The topological polar surface area (TPSA) is 78.1 Å². The van der Waals surface area contributed by atoms with Crippen molar-refractivity contribution in [1.82, 2.24) is 15.2 Å². The molecule has 0 amide bonds. The summed E-state index contributed by atoms with van der Waals surface area (Å²) in [6, 6.07) is 7.98. The molecule has 0 unspecified atom stereocenters. The summed E-state index contributed by atoms with van der Waals surface area (Å²) in [6.45, 7) is 3.88. The Hall–Kier alpha value is -2.54. The van der Waals surface area contributed by atoms with Gasteiger partial charge in [0.2, 0.25) is 5.89 Å². The average molecular weight is 329 g/mol. The molecule has 0 spiro atoms. The minimum absolute atomic E-state index is 0.0524. The van der Waals surface area contributed by atoms with Gasteiger partial charge in [0.05, 0.1) is 0 Å². The largest absolute Gasteiger partial charge is 0.451 e. The number of esters is 1. The van der Waals surface area contributed by atoms with Crippen LogP contribution in [0.5, 0.6) is 0 Å². The van der Waals surface area contributed by atoms with Crippen LogP contribution in [0.3, 0.4) is 0 Å². The molecule has 0 atom stereocenters. The third-order valence-electron chi connectivity index (χ3n) is 3.15. The molecule has 1 aromatic carbocycles. The van der Waals surface area contributed by atoms with Crippen molar-refractivity contribution >= 4 is 17.3 Å². The maximum atomic E-state index is 12.0. The number of nitrogens with zero attached hydrogens (tertiary/aromatic N) is 3. The predicted octanol–water partition coefficient (Wildman–Crippen LogP) is 3.42. The van der Waals surface area contributed by atoms with Crippen LogP contribution in [0.4, 0.5) is 0 Å². The van der Waals surface area contributed by atoms with E-state index < -0.39 is 5.97 Å². The second-order valence-corrected chi connectivity index (χ2v) is 5.78. The number of aryl methyl sites for hydroxylation is 2. The first-order valence-electron chi connectivity index (χ1n) is 7.16. The molecule has 0 aliphatic heterocycles. The van der Waals surface area contributed by atoms with Crippen molar-refractivity contribution in [2.75, 3.05) is 0 Å². The molecule has 0 radical (unpaired) electrons. The first kappa shape index (κ1) is 15.4. The number of thiazole rings is 1. The van der Waals surface area contributed by atoms with E-state index in [0.29, 0.717) is 12.3 Å². The third-order valence-corrected chi connectivity index (χ3v) is 4.04. The lowest BCUT2D eigenvalue weighted by Crippen LogP contribution is -2.05. The van der Waals surface area contributed by atoms with E-state index in [1.807, 2.05) is 38.1 Å². The summed E-state index contributed by atoms with van der Waals surface area (Å²) in [5, 5.41) is 10.1. The quantitative estimate of drug-likeness (QED) is 0.667. The minimum atomic E-state index is -0.504. The second kappa shape index (κ2) is 6.70. The van der Waals surface area contributed by atoms with Crippen LogP contribution in [0.2, 0.25) is 0 Å². The van der Waals surface area contributed by atoms with Crippen molar-refractivity contribution < 1.29 is 13.9 Å². The van der Waals surface area contributed by atoms with Crippen LogP contribution in [0.1, 0.15) is 34.8 Å². The first-order valence-corrected chi connectivity index (χ1v) is 8.04. The Morgan fingerprint density at radius 1 is 1.22 bits per heavy atom. The molecule has 7 heteroatoms. The lowest BCUT2D eigenvalue weighted by molar-refractivity contribution is 0.0430. The van der Waals surface area contributed by atoms with Crippen molar-refractivity contribution in [3.05, 3.63) is 52.7 Å². The fourth-order valence-corrected chi connectivity index (χ4v) is 2.68. The molecule has 0 aliphatic rings. The molecule has 23 heavy (non-hydrogen) atoms. The first-order chi connectivity index (χ1) is 11.2. The maximum absolute atomic E-state index is 12.0. The summed E-state index contributed by atoms with van der Waals surface area (Å²) in [5.74, 6) is 0.298. The SMILES string of the molecule is CCc1nnc(COC(=O)c2csc(-c3ccc(C)cc3)n2)o1. The normalized spacial score (nSPS) is 10.7. The van der Waals surface area contributed by atoms with Gasteiger partial charge in [-0.15, -0.1) is 21.5 Å². The number of carbonyl (C=O) groups excluding carboxylic acids is 1. The number of aromatic nitrogens is 3. The number of benzene rings is 1. The molecule has 118 valence electrons. The van der Waals surface area contributed by atoms with Gasteiger partial charge in [-0.2, -0.15) is 0 Å². The zero-order chi connectivity index (χ0) is 16.2. The number of rotatable bonds is 5. The minimum Gasteiger partial charge on any atom is -0.451 e. The highest BCUT2D eigenvalue weighted by atomic mass is 32.1. The van der Waals surface area contributed by atoms with Gasteiger partial charge in [0, 0.05) is 17.4 Å². The van der Waals surface area contributed by atoms with Gasteiger partial charge in [-0.3, -0.25) is 0 Å². The van der Waals surface area contributed by atoms with E-state index in [1.54, 1.807) is 5.38 Å². The van der Waals surface area contributed by atoms with Gasteiger partial charge in [0.1, 0.15) is 5.01 Å². The lowest BCUT2D eigenvalue weighted by Gasteiger charge is -1.99. The van der Waals surface area contributed by atoms with Crippen molar-refractivity contribution in [2.45, 2.75) is 26.9 Å². The van der Waals surface area contributed by atoms with Gasteiger partial charge in [-0.05, 0) is 6.92 Å². The van der Waals surface area contributed by atoms with E-state index >= 15 is 0 Å². The molecule has 2 heterocycles. The number of hydrogen-bond acceptors (Lipinski definition) is 7. The Balaban J connectivity index is 1.65. The summed E-state index contributed by atoms with van der Waals surface area (Å²) < 4.78 is 10.4. The summed E-state index contributed by atoms with van der Waals surface area (Å²) in [7, 11) is 0.